The third kappa shape index (κ3) is 4.05. The number of hydrogen-bond donors (Lipinski definition) is 1. The third-order valence-electron chi connectivity index (χ3n) is 3.59. The average Bonchev–Trinajstić information content (AvgIpc) is 2.47. The zero-order chi connectivity index (χ0) is 15.2. The van der Waals surface area contributed by atoms with Gasteiger partial charge in [-0.05, 0) is 42.6 Å². The maximum atomic E-state index is 4.30. The van der Waals surface area contributed by atoms with E-state index in [9.17, 15) is 0 Å². The number of pyridine rings is 1. The van der Waals surface area contributed by atoms with Gasteiger partial charge in [-0.3, -0.25) is 4.98 Å². The van der Waals surface area contributed by atoms with Gasteiger partial charge in [0.25, 0.3) is 0 Å². The molecule has 0 radical (unpaired) electrons. The van der Waals surface area contributed by atoms with E-state index >= 15 is 0 Å². The molecule has 0 amide bonds. The van der Waals surface area contributed by atoms with Crippen LogP contribution in [0.4, 0.5) is 11.4 Å². The van der Waals surface area contributed by atoms with Gasteiger partial charge in [-0.2, -0.15) is 0 Å². The van der Waals surface area contributed by atoms with Gasteiger partial charge >= 0.3 is 0 Å². The fourth-order valence-corrected chi connectivity index (χ4v) is 2.43. The van der Waals surface area contributed by atoms with Crippen molar-refractivity contribution in [3.8, 4) is 0 Å². The minimum absolute atomic E-state index is 0.657. The molecule has 2 rings (SSSR count). The highest BCUT2D eigenvalue weighted by atomic mass is 15.1. The number of anilines is 2. The molecule has 1 N–H and O–H groups in total. The normalized spacial score (nSPS) is 10.9. The lowest BCUT2D eigenvalue weighted by molar-refractivity contribution is 0.552. The fourth-order valence-electron chi connectivity index (χ4n) is 2.43. The van der Waals surface area contributed by atoms with Gasteiger partial charge < -0.3 is 10.2 Å². The van der Waals surface area contributed by atoms with Gasteiger partial charge in [-0.1, -0.05) is 32.0 Å². The Balaban J connectivity index is 2.21. The van der Waals surface area contributed by atoms with E-state index in [1.807, 2.05) is 12.4 Å². The Labute approximate surface area is 128 Å². The summed E-state index contributed by atoms with van der Waals surface area (Å²) < 4.78 is 0. The van der Waals surface area contributed by atoms with E-state index in [4.69, 9.17) is 0 Å². The van der Waals surface area contributed by atoms with E-state index in [0.29, 0.717) is 5.92 Å². The molecule has 0 atom stereocenters. The van der Waals surface area contributed by atoms with Crippen LogP contribution in [0.5, 0.6) is 0 Å². The maximum absolute atomic E-state index is 4.30. The lowest BCUT2D eigenvalue weighted by Crippen LogP contribution is -2.21. The lowest BCUT2D eigenvalue weighted by atomic mass is 10.1. The van der Waals surface area contributed by atoms with Crippen molar-refractivity contribution in [3.05, 3.63) is 53.9 Å². The Morgan fingerprint density at radius 1 is 1.14 bits per heavy atom. The second-order valence-electron chi connectivity index (χ2n) is 5.87. The summed E-state index contributed by atoms with van der Waals surface area (Å²) in [6, 6.07) is 10.5. The second kappa shape index (κ2) is 7.23. The van der Waals surface area contributed by atoms with Crippen molar-refractivity contribution >= 4 is 11.4 Å². The Morgan fingerprint density at radius 2 is 1.90 bits per heavy atom. The van der Waals surface area contributed by atoms with Crippen LogP contribution in [0.25, 0.3) is 0 Å². The van der Waals surface area contributed by atoms with Crippen molar-refractivity contribution in [1.29, 1.82) is 0 Å². The van der Waals surface area contributed by atoms with Crippen LogP contribution in [0.3, 0.4) is 0 Å². The first-order chi connectivity index (χ1) is 10.1. The van der Waals surface area contributed by atoms with E-state index in [1.165, 1.54) is 16.8 Å². The number of nitrogens with one attached hydrogen (secondary N) is 1. The molecule has 112 valence electrons. The van der Waals surface area contributed by atoms with Crippen molar-refractivity contribution in [2.45, 2.75) is 27.3 Å². The molecule has 0 saturated heterocycles. The maximum Gasteiger partial charge on any atom is 0.0640 e. The summed E-state index contributed by atoms with van der Waals surface area (Å²) in [5.41, 5.74) is 4.92. The van der Waals surface area contributed by atoms with Crippen LogP contribution >= 0.6 is 0 Å². The fraction of sp³-hybridized carbons (Fsp3) is 0.389. The molecular weight excluding hydrogens is 258 g/mol. The molecule has 1 aromatic carbocycles. The molecule has 0 spiro atoms. The molecule has 0 aliphatic heterocycles. The molecule has 3 heteroatoms. The van der Waals surface area contributed by atoms with Gasteiger partial charge in [0.2, 0.25) is 0 Å². The molecule has 1 heterocycles. The van der Waals surface area contributed by atoms with Gasteiger partial charge in [0, 0.05) is 25.5 Å². The Morgan fingerprint density at radius 3 is 2.62 bits per heavy atom. The topological polar surface area (TPSA) is 28.2 Å². The minimum atomic E-state index is 0.657. The number of aryl methyl sites for hydroxylation is 1. The van der Waals surface area contributed by atoms with Crippen molar-refractivity contribution in [2.75, 3.05) is 18.5 Å². The largest absolute Gasteiger partial charge is 0.343 e. The first kappa shape index (κ1) is 15.5. The van der Waals surface area contributed by atoms with Gasteiger partial charge in [-0.25, -0.2) is 0 Å². The predicted molar refractivity (Wildman–Crippen MR) is 90.0 cm³/mol. The molecule has 0 aliphatic rings. The zero-order valence-corrected chi connectivity index (χ0v) is 13.4. The van der Waals surface area contributed by atoms with Crippen LogP contribution < -0.4 is 10.2 Å². The Bertz CT molecular complexity index is 578. The van der Waals surface area contributed by atoms with Crippen LogP contribution in [-0.2, 0) is 6.54 Å². The number of nitrogens with zero attached hydrogens (tertiary/aromatic N) is 2. The van der Waals surface area contributed by atoms with Crippen LogP contribution in [-0.4, -0.2) is 18.6 Å². The summed E-state index contributed by atoms with van der Waals surface area (Å²) in [6.07, 6.45) is 3.81. The molecular formula is C18H25N3. The molecule has 0 aliphatic carbocycles. The summed E-state index contributed by atoms with van der Waals surface area (Å²) in [6.45, 7) is 8.47. The Hall–Kier alpha value is -1.87. The number of para-hydroxylation sites is 1. The summed E-state index contributed by atoms with van der Waals surface area (Å²) >= 11 is 0. The van der Waals surface area contributed by atoms with Gasteiger partial charge in [0.05, 0.1) is 11.9 Å². The number of rotatable bonds is 6. The highest BCUT2D eigenvalue weighted by Crippen LogP contribution is 2.28. The summed E-state index contributed by atoms with van der Waals surface area (Å²) in [5, 5.41) is 3.51. The lowest BCUT2D eigenvalue weighted by Gasteiger charge is -2.24. The van der Waals surface area contributed by atoms with E-state index in [2.05, 4.69) is 73.4 Å². The zero-order valence-electron chi connectivity index (χ0n) is 13.4. The molecule has 3 nitrogen and oxygen atoms in total. The van der Waals surface area contributed by atoms with E-state index in [0.717, 1.165) is 18.8 Å². The van der Waals surface area contributed by atoms with Crippen LogP contribution in [0.1, 0.15) is 25.0 Å². The van der Waals surface area contributed by atoms with Gasteiger partial charge in [0.1, 0.15) is 0 Å². The molecule has 1 aromatic heterocycles. The molecule has 0 bridgehead atoms. The molecule has 21 heavy (non-hydrogen) atoms. The summed E-state index contributed by atoms with van der Waals surface area (Å²) in [5.74, 6) is 0.657. The second-order valence-corrected chi connectivity index (χ2v) is 5.87. The first-order valence-corrected chi connectivity index (χ1v) is 7.52. The van der Waals surface area contributed by atoms with Gasteiger partial charge in [0.15, 0.2) is 0 Å². The predicted octanol–water partition coefficient (Wildman–Crippen LogP) is 3.90. The standard InChI is InChI=1S/C18H25N3/c1-14(2)11-20-12-16-9-10-19-13-18(16)21(4)17-8-6-5-7-15(17)3/h5-10,13-14,20H,11-12H2,1-4H3. The number of hydrogen-bond acceptors (Lipinski definition) is 3. The highest BCUT2D eigenvalue weighted by molar-refractivity contribution is 5.67. The third-order valence-corrected chi connectivity index (χ3v) is 3.59. The van der Waals surface area contributed by atoms with Crippen LogP contribution in [0.15, 0.2) is 42.7 Å². The highest BCUT2D eigenvalue weighted by Gasteiger charge is 2.11. The Kier molecular flexibility index (Phi) is 5.34. The number of benzene rings is 1. The van der Waals surface area contributed by atoms with Crippen molar-refractivity contribution in [2.24, 2.45) is 5.92 Å². The van der Waals surface area contributed by atoms with Gasteiger partial charge in [-0.15, -0.1) is 0 Å². The summed E-state index contributed by atoms with van der Waals surface area (Å²) in [7, 11) is 2.10. The van der Waals surface area contributed by atoms with E-state index < -0.39 is 0 Å². The van der Waals surface area contributed by atoms with Crippen LogP contribution in [0, 0.1) is 12.8 Å². The smallest absolute Gasteiger partial charge is 0.0640 e. The SMILES string of the molecule is Cc1ccccc1N(C)c1cnccc1CNCC(C)C. The van der Waals surface area contributed by atoms with E-state index in [-0.39, 0.29) is 0 Å². The van der Waals surface area contributed by atoms with E-state index in [1.54, 1.807) is 0 Å². The van der Waals surface area contributed by atoms with Crippen LogP contribution in [0.2, 0.25) is 0 Å². The molecule has 0 saturated carbocycles. The molecule has 2 aromatic rings. The van der Waals surface area contributed by atoms with Crippen molar-refractivity contribution in [1.82, 2.24) is 10.3 Å². The summed E-state index contributed by atoms with van der Waals surface area (Å²) in [4.78, 5) is 6.51. The monoisotopic (exact) mass is 283 g/mol. The minimum Gasteiger partial charge on any atom is -0.343 e. The average molecular weight is 283 g/mol. The van der Waals surface area contributed by atoms with Crippen molar-refractivity contribution in [3.63, 3.8) is 0 Å². The van der Waals surface area contributed by atoms with Crippen molar-refractivity contribution < 1.29 is 0 Å². The quantitative estimate of drug-likeness (QED) is 0.871. The first-order valence-electron chi connectivity index (χ1n) is 7.52. The molecule has 0 fully saturated rings. The molecule has 0 unspecified atom stereocenters. The number of aromatic nitrogens is 1.